The highest BCUT2D eigenvalue weighted by Gasteiger charge is 2.29. The van der Waals surface area contributed by atoms with Gasteiger partial charge in [-0.05, 0) is 26.0 Å². The van der Waals surface area contributed by atoms with E-state index in [1.165, 1.54) is 12.1 Å². The number of hydrogen-bond acceptors (Lipinski definition) is 3. The minimum absolute atomic E-state index is 0.0227. The molecule has 1 N–H and O–H groups in total. The molecule has 0 atom stereocenters. The maximum atomic E-state index is 13.6. The first-order chi connectivity index (χ1) is 9.33. The number of benzene rings is 1. The first kappa shape index (κ1) is 14.0. The summed E-state index contributed by atoms with van der Waals surface area (Å²) < 4.78 is 21.1. The lowest BCUT2D eigenvalue weighted by molar-refractivity contribution is 0.0655. The molecule has 0 bridgehead atoms. The number of aromatic nitrogens is 2. The topological polar surface area (TPSA) is 64.4 Å². The van der Waals surface area contributed by atoms with Crippen LogP contribution < -0.4 is 4.74 Å². The first-order valence-electron chi connectivity index (χ1n) is 6.01. The molecule has 20 heavy (non-hydrogen) atoms. The molecule has 0 aliphatic heterocycles. The van der Waals surface area contributed by atoms with Crippen LogP contribution in [0.5, 0.6) is 5.75 Å². The number of rotatable bonds is 4. The summed E-state index contributed by atoms with van der Waals surface area (Å²) in [6.45, 7) is 3.48. The van der Waals surface area contributed by atoms with Crippen molar-refractivity contribution in [2.24, 2.45) is 7.05 Å². The van der Waals surface area contributed by atoms with Crippen molar-refractivity contribution in [3.8, 4) is 5.75 Å². The fourth-order valence-corrected chi connectivity index (χ4v) is 2.06. The van der Waals surface area contributed by atoms with Crippen LogP contribution in [0.25, 0.3) is 0 Å². The molecule has 0 fully saturated rings. The largest absolute Gasteiger partial charge is 0.479 e. The third kappa shape index (κ3) is 2.49. The lowest BCUT2D eigenvalue weighted by Gasteiger charge is -2.26. The minimum atomic E-state index is -1.37. The zero-order valence-corrected chi connectivity index (χ0v) is 11.4. The lowest BCUT2D eigenvalue weighted by Crippen LogP contribution is -2.29. The number of carboxylic acids is 1. The maximum absolute atomic E-state index is 13.6. The van der Waals surface area contributed by atoms with E-state index in [9.17, 15) is 9.18 Å². The van der Waals surface area contributed by atoms with Crippen LogP contribution in [0.15, 0.2) is 30.6 Å². The van der Waals surface area contributed by atoms with E-state index in [-0.39, 0.29) is 5.75 Å². The van der Waals surface area contributed by atoms with Crippen molar-refractivity contribution in [3.63, 3.8) is 0 Å². The highest BCUT2D eigenvalue weighted by molar-refractivity contribution is 5.91. The van der Waals surface area contributed by atoms with E-state index >= 15 is 0 Å². The zero-order valence-electron chi connectivity index (χ0n) is 11.4. The molecule has 5 nitrogen and oxygen atoms in total. The van der Waals surface area contributed by atoms with Gasteiger partial charge in [-0.15, -0.1) is 0 Å². The highest BCUT2D eigenvalue weighted by atomic mass is 19.1. The van der Waals surface area contributed by atoms with Crippen molar-refractivity contribution in [2.75, 3.05) is 0 Å². The van der Waals surface area contributed by atoms with Gasteiger partial charge >= 0.3 is 5.97 Å². The number of imidazole rings is 1. The molecular weight excluding hydrogens is 263 g/mol. The normalized spacial score (nSPS) is 11.4. The molecule has 0 spiro atoms. The zero-order chi connectivity index (χ0) is 14.9. The van der Waals surface area contributed by atoms with Crippen molar-refractivity contribution in [3.05, 3.63) is 47.8 Å². The predicted octanol–water partition coefficient (Wildman–Crippen LogP) is 2.57. The van der Waals surface area contributed by atoms with Gasteiger partial charge in [-0.2, -0.15) is 0 Å². The predicted molar refractivity (Wildman–Crippen MR) is 70.2 cm³/mol. The molecule has 1 aromatic heterocycles. The molecule has 0 aliphatic rings. The molecule has 1 heterocycles. The van der Waals surface area contributed by atoms with E-state index in [0.717, 1.165) is 6.07 Å². The highest BCUT2D eigenvalue weighted by Crippen LogP contribution is 2.30. The van der Waals surface area contributed by atoms with Crippen molar-refractivity contribution in [1.82, 2.24) is 9.55 Å². The molecule has 0 amide bonds. The molecule has 0 aliphatic carbocycles. The van der Waals surface area contributed by atoms with Crippen LogP contribution in [-0.4, -0.2) is 20.6 Å². The van der Waals surface area contributed by atoms with Crippen molar-refractivity contribution < 1.29 is 19.0 Å². The van der Waals surface area contributed by atoms with Gasteiger partial charge in [0, 0.05) is 19.4 Å². The summed E-state index contributed by atoms with van der Waals surface area (Å²) in [6.07, 6.45) is 3.37. The van der Waals surface area contributed by atoms with Gasteiger partial charge in [-0.3, -0.25) is 0 Å². The molecule has 0 saturated carbocycles. The fraction of sp³-hybridized carbons (Fsp3) is 0.286. The third-order valence-corrected chi connectivity index (χ3v) is 2.91. The minimum Gasteiger partial charge on any atom is -0.479 e. The van der Waals surface area contributed by atoms with Crippen LogP contribution >= 0.6 is 0 Å². The molecule has 2 rings (SSSR count). The van der Waals surface area contributed by atoms with Crippen LogP contribution in [0.2, 0.25) is 0 Å². The molecule has 0 unspecified atom stereocenters. The Morgan fingerprint density at radius 3 is 2.70 bits per heavy atom. The van der Waals surface area contributed by atoms with E-state index in [2.05, 4.69) is 4.98 Å². The Morgan fingerprint density at radius 2 is 2.15 bits per heavy atom. The van der Waals surface area contributed by atoms with Gasteiger partial charge in [0.2, 0.25) is 0 Å². The monoisotopic (exact) mass is 278 g/mol. The van der Waals surface area contributed by atoms with E-state index < -0.39 is 23.0 Å². The summed E-state index contributed by atoms with van der Waals surface area (Å²) in [5.74, 6) is -1.61. The SMILES string of the molecule is Cn1ccnc1C(C)(C)Oc1cccc(F)c1C(=O)O. The average Bonchev–Trinajstić information content (AvgIpc) is 2.75. The second-order valence-corrected chi connectivity index (χ2v) is 4.89. The Balaban J connectivity index is 2.42. The number of halogens is 1. The third-order valence-electron chi connectivity index (χ3n) is 2.91. The summed E-state index contributed by atoms with van der Waals surface area (Å²) >= 11 is 0. The van der Waals surface area contributed by atoms with Crippen LogP contribution in [0.1, 0.15) is 30.0 Å². The Hall–Kier alpha value is -2.37. The van der Waals surface area contributed by atoms with Gasteiger partial charge < -0.3 is 14.4 Å². The molecule has 6 heteroatoms. The number of carbonyl (C=O) groups is 1. The van der Waals surface area contributed by atoms with Crippen LogP contribution in [-0.2, 0) is 12.6 Å². The molecule has 2 aromatic rings. The summed E-state index contributed by atoms with van der Waals surface area (Å²) in [5, 5.41) is 9.09. The Kier molecular flexibility index (Phi) is 3.48. The summed E-state index contributed by atoms with van der Waals surface area (Å²) in [5.41, 5.74) is -1.37. The number of hydrogen-bond donors (Lipinski definition) is 1. The number of carboxylic acid groups (broad SMARTS) is 1. The van der Waals surface area contributed by atoms with Gasteiger partial charge in [0.1, 0.15) is 17.1 Å². The van der Waals surface area contributed by atoms with Crippen molar-refractivity contribution in [1.29, 1.82) is 0 Å². The number of aryl methyl sites for hydroxylation is 1. The maximum Gasteiger partial charge on any atom is 0.342 e. The van der Waals surface area contributed by atoms with Crippen LogP contribution in [0.4, 0.5) is 4.39 Å². The molecule has 0 saturated heterocycles. The van der Waals surface area contributed by atoms with E-state index in [0.29, 0.717) is 5.82 Å². The van der Waals surface area contributed by atoms with Gasteiger partial charge in [0.15, 0.2) is 11.4 Å². The van der Waals surface area contributed by atoms with Crippen LogP contribution in [0.3, 0.4) is 0 Å². The summed E-state index contributed by atoms with van der Waals surface area (Å²) in [4.78, 5) is 15.3. The standard InChI is InChI=1S/C14H15FN2O3/c1-14(2,13-16-7-8-17(13)3)20-10-6-4-5-9(15)11(10)12(18)19/h4-8H,1-3H3,(H,18,19). The van der Waals surface area contributed by atoms with Gasteiger partial charge in [0.25, 0.3) is 0 Å². The number of aromatic carboxylic acids is 1. The Morgan fingerprint density at radius 1 is 1.45 bits per heavy atom. The number of nitrogens with zero attached hydrogens (tertiary/aromatic N) is 2. The second kappa shape index (κ2) is 4.96. The fourth-order valence-electron chi connectivity index (χ4n) is 2.06. The Bertz CT molecular complexity index is 650. The van der Waals surface area contributed by atoms with E-state index in [1.807, 2.05) is 0 Å². The Labute approximate surface area is 115 Å². The van der Waals surface area contributed by atoms with Gasteiger partial charge in [0.05, 0.1) is 0 Å². The molecule has 0 radical (unpaired) electrons. The summed E-state index contributed by atoms with van der Waals surface area (Å²) in [6, 6.07) is 3.92. The van der Waals surface area contributed by atoms with E-state index in [4.69, 9.17) is 9.84 Å². The van der Waals surface area contributed by atoms with E-state index in [1.54, 1.807) is 37.9 Å². The first-order valence-corrected chi connectivity index (χ1v) is 6.01. The lowest BCUT2D eigenvalue weighted by atomic mass is 10.1. The van der Waals surface area contributed by atoms with Gasteiger partial charge in [-0.1, -0.05) is 6.07 Å². The number of ether oxygens (including phenoxy) is 1. The molecule has 106 valence electrons. The van der Waals surface area contributed by atoms with Crippen molar-refractivity contribution >= 4 is 5.97 Å². The second-order valence-electron chi connectivity index (χ2n) is 4.89. The molecule has 1 aromatic carbocycles. The van der Waals surface area contributed by atoms with Crippen molar-refractivity contribution in [2.45, 2.75) is 19.4 Å². The quantitative estimate of drug-likeness (QED) is 0.933. The van der Waals surface area contributed by atoms with Gasteiger partial charge in [-0.25, -0.2) is 14.2 Å². The average molecular weight is 278 g/mol. The smallest absolute Gasteiger partial charge is 0.342 e. The van der Waals surface area contributed by atoms with Crippen LogP contribution in [0, 0.1) is 5.82 Å². The summed E-state index contributed by atoms with van der Waals surface area (Å²) in [7, 11) is 1.80. The molecular formula is C14H15FN2O3.